The van der Waals surface area contributed by atoms with E-state index in [1.54, 1.807) is 0 Å². The van der Waals surface area contributed by atoms with Gasteiger partial charge in [0.2, 0.25) is 0 Å². The average molecular weight is 153 g/mol. The molecule has 1 atom stereocenters. The Morgan fingerprint density at radius 1 is 1.45 bits per heavy atom. The molecule has 1 N–H and O–H groups in total. The molecule has 64 valence electrons. The SMILES string of the molecule is CC[C@H]1CCNC2(CCC2)C1. The van der Waals surface area contributed by atoms with Gasteiger partial charge in [0.05, 0.1) is 0 Å². The molecule has 0 unspecified atom stereocenters. The van der Waals surface area contributed by atoms with Gasteiger partial charge in [-0.3, -0.25) is 0 Å². The molecule has 0 bridgehead atoms. The molecule has 1 saturated heterocycles. The van der Waals surface area contributed by atoms with E-state index in [1.807, 2.05) is 0 Å². The molecule has 1 nitrogen and oxygen atoms in total. The molecule has 1 heteroatoms. The van der Waals surface area contributed by atoms with E-state index in [4.69, 9.17) is 0 Å². The van der Waals surface area contributed by atoms with E-state index in [-0.39, 0.29) is 0 Å². The maximum absolute atomic E-state index is 3.70. The van der Waals surface area contributed by atoms with E-state index in [9.17, 15) is 0 Å². The van der Waals surface area contributed by atoms with Crippen LogP contribution in [0, 0.1) is 5.92 Å². The highest BCUT2D eigenvalue weighted by Crippen LogP contribution is 2.40. The van der Waals surface area contributed by atoms with Crippen molar-refractivity contribution in [1.82, 2.24) is 5.32 Å². The van der Waals surface area contributed by atoms with E-state index in [0.717, 1.165) is 5.92 Å². The minimum absolute atomic E-state index is 0.624. The molecular weight excluding hydrogens is 134 g/mol. The lowest BCUT2D eigenvalue weighted by Gasteiger charge is -2.48. The molecule has 0 aromatic heterocycles. The Hall–Kier alpha value is -0.0400. The molecule has 1 heterocycles. The number of hydrogen-bond donors (Lipinski definition) is 1. The molecule has 0 aromatic carbocycles. The van der Waals surface area contributed by atoms with E-state index in [0.29, 0.717) is 5.54 Å². The summed E-state index contributed by atoms with van der Waals surface area (Å²) in [6.45, 7) is 3.61. The second-order valence-electron chi connectivity index (χ2n) is 4.33. The summed E-state index contributed by atoms with van der Waals surface area (Å²) in [5, 5.41) is 3.70. The van der Waals surface area contributed by atoms with E-state index < -0.39 is 0 Å². The molecule has 0 aromatic rings. The van der Waals surface area contributed by atoms with Gasteiger partial charge in [-0.1, -0.05) is 13.3 Å². The number of nitrogens with one attached hydrogen (secondary N) is 1. The van der Waals surface area contributed by atoms with Gasteiger partial charge in [-0.15, -0.1) is 0 Å². The van der Waals surface area contributed by atoms with Crippen molar-refractivity contribution in [3.63, 3.8) is 0 Å². The van der Waals surface area contributed by atoms with Gasteiger partial charge in [-0.25, -0.2) is 0 Å². The molecule has 11 heavy (non-hydrogen) atoms. The van der Waals surface area contributed by atoms with Gasteiger partial charge in [-0.2, -0.15) is 0 Å². The van der Waals surface area contributed by atoms with Crippen molar-refractivity contribution in [1.29, 1.82) is 0 Å². The molecule has 1 spiro atoms. The summed E-state index contributed by atoms with van der Waals surface area (Å²) < 4.78 is 0. The Morgan fingerprint density at radius 2 is 2.27 bits per heavy atom. The topological polar surface area (TPSA) is 12.0 Å². The van der Waals surface area contributed by atoms with E-state index in [2.05, 4.69) is 12.2 Å². The second-order valence-corrected chi connectivity index (χ2v) is 4.33. The van der Waals surface area contributed by atoms with Crippen LogP contribution in [-0.2, 0) is 0 Å². The number of hydrogen-bond acceptors (Lipinski definition) is 1. The van der Waals surface area contributed by atoms with Gasteiger partial charge in [0.1, 0.15) is 0 Å². The molecular formula is C10H19N. The Labute approximate surface area is 69.6 Å². The zero-order valence-corrected chi connectivity index (χ0v) is 7.53. The van der Waals surface area contributed by atoms with Gasteiger partial charge >= 0.3 is 0 Å². The lowest BCUT2D eigenvalue weighted by Crippen LogP contribution is -2.55. The largest absolute Gasteiger partial charge is 0.311 e. The molecule has 1 saturated carbocycles. The standard InChI is InChI=1S/C10H19N/c1-2-9-4-7-11-10(8-9)5-3-6-10/h9,11H,2-8H2,1H3/t9-/m0/s1. The zero-order chi connectivity index (χ0) is 7.73. The maximum Gasteiger partial charge on any atom is 0.0184 e. The molecule has 2 rings (SSSR count). The van der Waals surface area contributed by atoms with Crippen LogP contribution in [0.1, 0.15) is 45.4 Å². The summed E-state index contributed by atoms with van der Waals surface area (Å²) in [6, 6.07) is 0. The van der Waals surface area contributed by atoms with Crippen molar-refractivity contribution < 1.29 is 0 Å². The Bertz CT molecular complexity index is 138. The van der Waals surface area contributed by atoms with Crippen molar-refractivity contribution in [3.05, 3.63) is 0 Å². The van der Waals surface area contributed by atoms with Crippen molar-refractivity contribution in [2.75, 3.05) is 6.54 Å². The molecule has 2 aliphatic rings. The number of piperidine rings is 1. The Kier molecular flexibility index (Phi) is 1.92. The molecule has 2 fully saturated rings. The van der Waals surface area contributed by atoms with Crippen LogP contribution in [0.4, 0.5) is 0 Å². The Balaban J connectivity index is 1.92. The fraction of sp³-hybridized carbons (Fsp3) is 1.00. The summed E-state index contributed by atoms with van der Waals surface area (Å²) in [5.74, 6) is 1.02. The first-order valence-electron chi connectivity index (χ1n) is 5.10. The first-order chi connectivity index (χ1) is 5.35. The molecule has 0 radical (unpaired) electrons. The summed E-state index contributed by atoms with van der Waals surface area (Å²) in [5.41, 5.74) is 0.624. The lowest BCUT2D eigenvalue weighted by molar-refractivity contribution is 0.105. The minimum Gasteiger partial charge on any atom is -0.311 e. The van der Waals surface area contributed by atoms with Gasteiger partial charge in [0.25, 0.3) is 0 Å². The van der Waals surface area contributed by atoms with Crippen LogP contribution < -0.4 is 5.32 Å². The van der Waals surface area contributed by atoms with Crippen LogP contribution in [0.3, 0.4) is 0 Å². The summed E-state index contributed by atoms with van der Waals surface area (Å²) in [7, 11) is 0. The molecule has 1 aliphatic carbocycles. The highest BCUT2D eigenvalue weighted by atomic mass is 15.0. The predicted molar refractivity (Wildman–Crippen MR) is 47.6 cm³/mol. The fourth-order valence-corrected chi connectivity index (χ4v) is 2.60. The molecule has 1 aliphatic heterocycles. The van der Waals surface area contributed by atoms with Crippen LogP contribution in [0.5, 0.6) is 0 Å². The van der Waals surface area contributed by atoms with Gasteiger partial charge < -0.3 is 5.32 Å². The summed E-state index contributed by atoms with van der Waals surface area (Å²) in [4.78, 5) is 0. The van der Waals surface area contributed by atoms with Crippen LogP contribution in [0.25, 0.3) is 0 Å². The smallest absolute Gasteiger partial charge is 0.0184 e. The van der Waals surface area contributed by atoms with Gasteiger partial charge in [0, 0.05) is 5.54 Å². The number of rotatable bonds is 1. The van der Waals surface area contributed by atoms with Crippen molar-refractivity contribution in [2.24, 2.45) is 5.92 Å². The van der Waals surface area contributed by atoms with Crippen LogP contribution >= 0.6 is 0 Å². The van der Waals surface area contributed by atoms with Crippen LogP contribution in [0.2, 0.25) is 0 Å². The van der Waals surface area contributed by atoms with Gasteiger partial charge in [0.15, 0.2) is 0 Å². The van der Waals surface area contributed by atoms with E-state index in [1.165, 1.54) is 45.1 Å². The normalized spacial score (nSPS) is 35.2. The third kappa shape index (κ3) is 1.31. The first-order valence-corrected chi connectivity index (χ1v) is 5.10. The highest BCUT2D eigenvalue weighted by Gasteiger charge is 2.40. The maximum atomic E-state index is 3.70. The average Bonchev–Trinajstić information content (AvgIpc) is 2.02. The third-order valence-electron chi connectivity index (χ3n) is 3.62. The van der Waals surface area contributed by atoms with Gasteiger partial charge in [-0.05, 0) is 44.6 Å². The summed E-state index contributed by atoms with van der Waals surface area (Å²) >= 11 is 0. The zero-order valence-electron chi connectivity index (χ0n) is 7.53. The summed E-state index contributed by atoms with van der Waals surface area (Å²) in [6.07, 6.45) is 8.63. The van der Waals surface area contributed by atoms with Crippen molar-refractivity contribution in [2.45, 2.75) is 51.0 Å². The lowest BCUT2D eigenvalue weighted by atomic mass is 9.68. The minimum atomic E-state index is 0.624. The second kappa shape index (κ2) is 2.78. The quantitative estimate of drug-likeness (QED) is 0.609. The van der Waals surface area contributed by atoms with Crippen LogP contribution in [0.15, 0.2) is 0 Å². The third-order valence-corrected chi connectivity index (χ3v) is 3.62. The fourth-order valence-electron chi connectivity index (χ4n) is 2.60. The van der Waals surface area contributed by atoms with E-state index >= 15 is 0 Å². The predicted octanol–water partition coefficient (Wildman–Crippen LogP) is 2.32. The van der Waals surface area contributed by atoms with Crippen molar-refractivity contribution in [3.8, 4) is 0 Å². The highest BCUT2D eigenvalue weighted by molar-refractivity contribution is 4.99. The monoisotopic (exact) mass is 153 g/mol. The first kappa shape index (κ1) is 7.60. The Morgan fingerprint density at radius 3 is 2.82 bits per heavy atom. The molecule has 0 amide bonds. The van der Waals surface area contributed by atoms with Crippen molar-refractivity contribution >= 4 is 0 Å². The van der Waals surface area contributed by atoms with Crippen LogP contribution in [-0.4, -0.2) is 12.1 Å².